The van der Waals surface area contributed by atoms with Crippen LogP contribution in [-0.4, -0.2) is 42.1 Å². The van der Waals surface area contributed by atoms with Crippen molar-refractivity contribution in [3.8, 4) is 28.0 Å². The van der Waals surface area contributed by atoms with Crippen LogP contribution in [0.3, 0.4) is 0 Å². The highest BCUT2D eigenvalue weighted by atomic mass is 16.5. The molecule has 0 heterocycles. The smallest absolute Gasteiger partial charge is 0.333 e. The van der Waals surface area contributed by atoms with Crippen LogP contribution in [0.4, 0.5) is 0 Å². The Morgan fingerprint density at radius 1 is 0.867 bits per heavy atom. The molecule has 5 nitrogen and oxygen atoms in total. The van der Waals surface area contributed by atoms with Gasteiger partial charge >= 0.3 is 5.97 Å². The van der Waals surface area contributed by atoms with E-state index in [9.17, 15) is 15.0 Å². The van der Waals surface area contributed by atoms with Gasteiger partial charge in [0, 0.05) is 24.5 Å². The molecule has 45 heavy (non-hydrogen) atoms. The van der Waals surface area contributed by atoms with Crippen LogP contribution in [0.1, 0.15) is 83.9 Å². The fraction of sp³-hybridized carbons (Fsp3) is 0.475. The molecule has 0 aliphatic rings. The summed E-state index contributed by atoms with van der Waals surface area (Å²) in [4.78, 5) is 12.0. The van der Waals surface area contributed by atoms with Gasteiger partial charge < -0.3 is 19.7 Å². The number of esters is 1. The zero-order chi connectivity index (χ0) is 33.0. The monoisotopic (exact) mass is 614 g/mol. The summed E-state index contributed by atoms with van der Waals surface area (Å²) in [6.07, 6.45) is 6.11. The van der Waals surface area contributed by atoms with Crippen LogP contribution in [0.5, 0.6) is 5.75 Å². The molecule has 0 spiro atoms. The topological polar surface area (TPSA) is 76.0 Å². The molecular weight excluding hydrogens is 560 g/mol. The van der Waals surface area contributed by atoms with Crippen LogP contribution in [0.15, 0.2) is 72.8 Å². The first-order valence-electron chi connectivity index (χ1n) is 16.6. The second-order valence-electron chi connectivity index (χ2n) is 13.3. The lowest BCUT2D eigenvalue weighted by molar-refractivity contribution is -0.138. The van der Waals surface area contributed by atoms with E-state index in [1.807, 2.05) is 26.8 Å². The number of benzene rings is 3. The van der Waals surface area contributed by atoms with Gasteiger partial charge in [0.1, 0.15) is 5.75 Å². The molecule has 3 aromatic rings. The number of ether oxygens (including phenoxy) is 2. The minimum Gasteiger partial charge on any atom is -0.493 e. The van der Waals surface area contributed by atoms with Gasteiger partial charge in [0.2, 0.25) is 0 Å². The summed E-state index contributed by atoms with van der Waals surface area (Å²) in [5.41, 5.74) is 8.28. The molecule has 0 radical (unpaired) electrons. The van der Waals surface area contributed by atoms with E-state index in [-0.39, 0.29) is 24.5 Å². The Morgan fingerprint density at radius 3 is 2.16 bits per heavy atom. The second-order valence-corrected chi connectivity index (χ2v) is 13.3. The Balaban J connectivity index is 1.84. The van der Waals surface area contributed by atoms with Gasteiger partial charge in [-0.05, 0) is 89.1 Å². The first-order chi connectivity index (χ1) is 21.5. The molecule has 0 aliphatic heterocycles. The van der Waals surface area contributed by atoms with Crippen molar-refractivity contribution in [3.05, 3.63) is 89.5 Å². The first-order valence-corrected chi connectivity index (χ1v) is 16.6. The zero-order valence-electron chi connectivity index (χ0n) is 28.3. The summed E-state index contributed by atoms with van der Waals surface area (Å²) in [5.74, 6) is 0.0151. The van der Waals surface area contributed by atoms with Crippen molar-refractivity contribution >= 4 is 5.97 Å². The third kappa shape index (κ3) is 10.6. The van der Waals surface area contributed by atoms with Crippen molar-refractivity contribution in [3.63, 3.8) is 0 Å². The molecule has 0 fully saturated rings. The van der Waals surface area contributed by atoms with E-state index in [4.69, 9.17) is 9.47 Å². The highest BCUT2D eigenvalue weighted by Gasteiger charge is 2.30. The van der Waals surface area contributed by atoms with Gasteiger partial charge in [-0.25, -0.2) is 4.79 Å². The molecule has 2 N–H and O–H groups in total. The number of aryl methyl sites for hydroxylation is 2. The van der Waals surface area contributed by atoms with Crippen molar-refractivity contribution in [1.29, 1.82) is 0 Å². The van der Waals surface area contributed by atoms with E-state index >= 15 is 0 Å². The summed E-state index contributed by atoms with van der Waals surface area (Å²) in [6.45, 7) is 16.1. The molecule has 0 bridgehead atoms. The maximum absolute atomic E-state index is 12.0. The summed E-state index contributed by atoms with van der Waals surface area (Å²) in [6, 6.07) is 21.8. The maximum atomic E-state index is 12.0. The predicted molar refractivity (Wildman–Crippen MR) is 186 cm³/mol. The van der Waals surface area contributed by atoms with E-state index in [0.717, 1.165) is 29.5 Å². The lowest BCUT2D eigenvalue weighted by Crippen LogP contribution is -2.36. The number of aliphatic hydroxyl groups excluding tert-OH is 2. The molecule has 0 amide bonds. The first kappa shape index (κ1) is 36.1. The maximum Gasteiger partial charge on any atom is 0.333 e. The fourth-order valence-electron chi connectivity index (χ4n) is 5.63. The number of unbranched alkanes of at least 4 members (excludes halogenated alkanes) is 2. The van der Waals surface area contributed by atoms with E-state index < -0.39 is 12.1 Å². The Bertz CT molecular complexity index is 1380. The Hall–Kier alpha value is -3.41. The lowest BCUT2D eigenvalue weighted by Gasteiger charge is -2.32. The third-order valence-corrected chi connectivity index (χ3v) is 8.48. The number of aliphatic hydroxyl groups is 2. The van der Waals surface area contributed by atoms with Crippen LogP contribution < -0.4 is 4.74 Å². The number of carbonyl (C=O) groups excluding carboxylic acids is 1. The van der Waals surface area contributed by atoms with Gasteiger partial charge in [-0.2, -0.15) is 0 Å². The number of carbonyl (C=O) groups is 1. The molecule has 244 valence electrons. The Morgan fingerprint density at radius 2 is 1.53 bits per heavy atom. The summed E-state index contributed by atoms with van der Waals surface area (Å²) < 4.78 is 11.6. The molecule has 3 aromatic carbocycles. The second kappa shape index (κ2) is 17.3. The zero-order valence-corrected chi connectivity index (χ0v) is 28.3. The van der Waals surface area contributed by atoms with Gasteiger partial charge in [0.05, 0.1) is 19.3 Å². The van der Waals surface area contributed by atoms with Crippen LogP contribution in [0.2, 0.25) is 0 Å². The predicted octanol–water partition coefficient (Wildman–Crippen LogP) is 8.76. The summed E-state index contributed by atoms with van der Waals surface area (Å²) >= 11 is 0. The Kier molecular flexibility index (Phi) is 13.9. The number of hydrogen-bond donors (Lipinski definition) is 2. The van der Waals surface area contributed by atoms with Crippen molar-refractivity contribution < 1.29 is 24.5 Å². The van der Waals surface area contributed by atoms with Gasteiger partial charge in [0.25, 0.3) is 0 Å². The van der Waals surface area contributed by atoms with E-state index in [1.165, 1.54) is 41.5 Å². The van der Waals surface area contributed by atoms with Crippen molar-refractivity contribution in [2.24, 2.45) is 11.3 Å². The third-order valence-electron chi connectivity index (χ3n) is 8.48. The number of rotatable bonds is 17. The van der Waals surface area contributed by atoms with Crippen molar-refractivity contribution in [2.75, 3.05) is 19.8 Å². The van der Waals surface area contributed by atoms with Gasteiger partial charge in [0.15, 0.2) is 0 Å². The van der Waals surface area contributed by atoms with Crippen LogP contribution in [0.25, 0.3) is 22.3 Å². The highest BCUT2D eigenvalue weighted by Crippen LogP contribution is 2.33. The van der Waals surface area contributed by atoms with Gasteiger partial charge in [-0.15, -0.1) is 0 Å². The van der Waals surface area contributed by atoms with Gasteiger partial charge in [-0.1, -0.05) is 103 Å². The SMILES string of the molecule is C=C(C)C(=O)OCCc1cc(-c2ccc(-c3ccc(CCCCC)cc3)cc2CC)ccc1OCCC(CO)C(O)C(C)(C)C. The van der Waals surface area contributed by atoms with Crippen LogP contribution in [0, 0.1) is 11.3 Å². The summed E-state index contributed by atoms with van der Waals surface area (Å²) in [5, 5.41) is 20.6. The average molecular weight is 615 g/mol. The van der Waals surface area contributed by atoms with Crippen LogP contribution in [-0.2, 0) is 28.8 Å². The normalized spacial score (nSPS) is 12.9. The van der Waals surface area contributed by atoms with E-state index in [1.54, 1.807) is 6.92 Å². The van der Waals surface area contributed by atoms with Gasteiger partial charge in [-0.3, -0.25) is 0 Å². The Labute approximate surface area is 271 Å². The number of hydrogen-bond acceptors (Lipinski definition) is 5. The molecule has 0 aromatic heterocycles. The molecule has 0 aliphatic carbocycles. The molecule has 2 atom stereocenters. The molecule has 0 saturated heterocycles. The minimum atomic E-state index is -0.645. The van der Waals surface area contributed by atoms with Crippen LogP contribution >= 0.6 is 0 Å². The van der Waals surface area contributed by atoms with Crippen molar-refractivity contribution in [1.82, 2.24) is 0 Å². The fourth-order valence-corrected chi connectivity index (χ4v) is 5.63. The standard InChI is InChI=1S/C40H54O5/c1-8-10-11-12-29-13-15-31(16-14-29)32-17-19-36(30(9-2)25-32)33-18-20-37(34(26-33)21-24-45-39(43)28(3)4)44-23-22-35(27-41)38(42)40(5,6)7/h13-20,25-26,35,38,41-42H,3,8-12,21-24,27H2,1-2,4-7H3. The molecule has 0 saturated carbocycles. The molecule has 3 rings (SSSR count). The molecular formula is C40H54O5. The average Bonchev–Trinajstić information content (AvgIpc) is 3.03. The summed E-state index contributed by atoms with van der Waals surface area (Å²) in [7, 11) is 0. The lowest BCUT2D eigenvalue weighted by atomic mass is 9.80. The quantitative estimate of drug-likeness (QED) is 0.0903. The molecule has 5 heteroatoms. The molecule has 2 unspecified atom stereocenters. The largest absolute Gasteiger partial charge is 0.493 e. The van der Waals surface area contributed by atoms with E-state index in [0.29, 0.717) is 30.8 Å². The minimum absolute atomic E-state index is 0.108. The van der Waals surface area contributed by atoms with Crippen molar-refractivity contribution in [2.45, 2.75) is 92.6 Å². The highest BCUT2D eigenvalue weighted by molar-refractivity contribution is 5.86. The van der Waals surface area contributed by atoms with E-state index in [2.05, 4.69) is 75.0 Å².